The second-order valence-corrected chi connectivity index (χ2v) is 6.22. The molecule has 23 heavy (non-hydrogen) atoms. The van der Waals surface area contributed by atoms with Crippen molar-refractivity contribution in [1.29, 1.82) is 0 Å². The van der Waals surface area contributed by atoms with Gasteiger partial charge in [0.1, 0.15) is 0 Å². The van der Waals surface area contributed by atoms with E-state index in [9.17, 15) is 9.59 Å². The fourth-order valence-electron chi connectivity index (χ4n) is 2.06. The van der Waals surface area contributed by atoms with Gasteiger partial charge >= 0.3 is 0 Å². The Hall–Kier alpha value is -2.34. The van der Waals surface area contributed by atoms with Crippen molar-refractivity contribution in [3.8, 4) is 0 Å². The number of benzene rings is 1. The van der Waals surface area contributed by atoms with Gasteiger partial charge in [-0.1, -0.05) is 36.0 Å². The molecule has 0 aliphatic carbocycles. The summed E-state index contributed by atoms with van der Waals surface area (Å²) < 4.78 is 1.54. The van der Waals surface area contributed by atoms with Crippen LogP contribution in [0.1, 0.15) is 6.92 Å². The first-order valence-corrected chi connectivity index (χ1v) is 8.12. The van der Waals surface area contributed by atoms with E-state index < -0.39 is 0 Å². The molecule has 1 aromatic carbocycles. The fourth-order valence-corrected chi connectivity index (χ4v) is 3.00. The van der Waals surface area contributed by atoms with Crippen LogP contribution >= 0.6 is 11.8 Å². The lowest BCUT2D eigenvalue weighted by atomic mass is 10.2. The Morgan fingerprint density at radius 2 is 2.13 bits per heavy atom. The molecule has 120 valence electrons. The molecule has 6 heteroatoms. The van der Waals surface area contributed by atoms with Crippen molar-refractivity contribution in [2.24, 2.45) is 0 Å². The summed E-state index contributed by atoms with van der Waals surface area (Å²) in [6.45, 7) is 9.79. The molecule has 0 fully saturated rings. The minimum atomic E-state index is -0.376. The van der Waals surface area contributed by atoms with Crippen molar-refractivity contribution < 1.29 is 4.79 Å². The number of nitrogens with one attached hydrogen (secondary N) is 1. The largest absolute Gasteiger partial charge is 0.352 e. The van der Waals surface area contributed by atoms with Gasteiger partial charge in [0.15, 0.2) is 5.16 Å². The molecule has 0 aliphatic rings. The molecule has 2 aromatic rings. The molecule has 0 saturated carbocycles. The van der Waals surface area contributed by atoms with Gasteiger partial charge in [-0.15, -0.1) is 13.2 Å². The molecule has 2 rings (SSSR count). The van der Waals surface area contributed by atoms with Crippen LogP contribution in [0.15, 0.2) is 59.5 Å². The first-order chi connectivity index (χ1) is 11.1. The second-order valence-electron chi connectivity index (χ2n) is 4.91. The van der Waals surface area contributed by atoms with Crippen LogP contribution in [0.4, 0.5) is 0 Å². The molecule has 0 radical (unpaired) electrons. The van der Waals surface area contributed by atoms with Gasteiger partial charge in [0.25, 0.3) is 5.56 Å². The Bertz CT molecular complexity index is 798. The zero-order valence-electron chi connectivity index (χ0n) is 13.0. The maximum Gasteiger partial charge on any atom is 0.262 e. The van der Waals surface area contributed by atoms with Crippen LogP contribution in [0.2, 0.25) is 0 Å². The molecule has 1 amide bonds. The summed E-state index contributed by atoms with van der Waals surface area (Å²) in [6.07, 6.45) is 3.27. The van der Waals surface area contributed by atoms with Gasteiger partial charge in [-0.3, -0.25) is 14.2 Å². The van der Waals surface area contributed by atoms with Gasteiger partial charge in [0.05, 0.1) is 16.2 Å². The third-order valence-electron chi connectivity index (χ3n) is 3.21. The smallest absolute Gasteiger partial charge is 0.262 e. The van der Waals surface area contributed by atoms with Gasteiger partial charge in [-0.25, -0.2) is 4.98 Å². The highest BCUT2D eigenvalue weighted by Gasteiger charge is 2.18. The van der Waals surface area contributed by atoms with E-state index in [1.54, 1.807) is 31.2 Å². The van der Waals surface area contributed by atoms with Crippen LogP contribution in [0.3, 0.4) is 0 Å². The number of hydrogen-bond donors (Lipinski definition) is 1. The standard InChI is InChI=1S/C17H19N3O2S/c1-4-10-18-15(21)12(3)23-17-19-14-9-7-6-8-13(14)16(22)20(17)11-5-2/h4-9,12H,1-2,10-11H2,3H3,(H,18,21)/t12-/m0/s1. The van der Waals surface area contributed by atoms with E-state index in [0.717, 1.165) is 0 Å². The van der Waals surface area contributed by atoms with E-state index in [4.69, 9.17) is 0 Å². The van der Waals surface area contributed by atoms with E-state index >= 15 is 0 Å². The van der Waals surface area contributed by atoms with Crippen LogP contribution in [-0.2, 0) is 11.3 Å². The zero-order chi connectivity index (χ0) is 16.8. The zero-order valence-corrected chi connectivity index (χ0v) is 13.8. The Morgan fingerprint density at radius 3 is 2.83 bits per heavy atom. The number of para-hydroxylation sites is 1. The summed E-state index contributed by atoms with van der Waals surface area (Å²) in [5.74, 6) is -0.123. The molecule has 0 aliphatic heterocycles. The van der Waals surface area contributed by atoms with Gasteiger partial charge in [-0.2, -0.15) is 0 Å². The van der Waals surface area contributed by atoms with Crippen LogP contribution in [0.5, 0.6) is 0 Å². The number of hydrogen-bond acceptors (Lipinski definition) is 4. The summed E-state index contributed by atoms with van der Waals surface area (Å²) in [6, 6.07) is 7.18. The summed E-state index contributed by atoms with van der Waals surface area (Å²) in [5, 5.41) is 3.43. The van der Waals surface area contributed by atoms with Crippen molar-refractivity contribution in [2.75, 3.05) is 6.54 Å². The van der Waals surface area contributed by atoms with Crippen molar-refractivity contribution in [2.45, 2.75) is 23.9 Å². The van der Waals surface area contributed by atoms with E-state index in [0.29, 0.717) is 29.1 Å². The number of rotatable bonds is 7. The Kier molecular flexibility index (Phi) is 5.76. The average molecular weight is 329 g/mol. The first kappa shape index (κ1) is 17.0. The minimum absolute atomic E-state index is 0.123. The van der Waals surface area contributed by atoms with Crippen molar-refractivity contribution >= 4 is 28.6 Å². The number of aromatic nitrogens is 2. The fraction of sp³-hybridized carbons (Fsp3) is 0.235. The van der Waals surface area contributed by atoms with Gasteiger partial charge < -0.3 is 5.32 Å². The number of fused-ring (bicyclic) bond motifs is 1. The lowest BCUT2D eigenvalue weighted by molar-refractivity contribution is -0.120. The highest BCUT2D eigenvalue weighted by molar-refractivity contribution is 8.00. The molecular formula is C17H19N3O2S. The van der Waals surface area contributed by atoms with Crippen LogP contribution in [-0.4, -0.2) is 27.3 Å². The number of thioether (sulfide) groups is 1. The average Bonchev–Trinajstić information content (AvgIpc) is 2.56. The number of allylic oxidation sites excluding steroid dienone is 1. The monoisotopic (exact) mass is 329 g/mol. The third-order valence-corrected chi connectivity index (χ3v) is 4.30. The van der Waals surface area contributed by atoms with Gasteiger partial charge in [0.2, 0.25) is 5.91 Å². The maximum absolute atomic E-state index is 12.6. The van der Waals surface area contributed by atoms with Crippen molar-refractivity contribution in [3.63, 3.8) is 0 Å². The Morgan fingerprint density at radius 1 is 1.39 bits per heavy atom. The molecule has 0 saturated heterocycles. The molecule has 1 N–H and O–H groups in total. The number of amides is 1. The third kappa shape index (κ3) is 3.90. The quantitative estimate of drug-likeness (QED) is 0.481. The molecule has 0 spiro atoms. The molecule has 1 aromatic heterocycles. The number of nitrogens with zero attached hydrogens (tertiary/aromatic N) is 2. The number of carbonyl (C=O) groups is 1. The topological polar surface area (TPSA) is 64.0 Å². The lowest BCUT2D eigenvalue weighted by Crippen LogP contribution is -2.32. The Balaban J connectivity index is 2.40. The van der Waals surface area contributed by atoms with E-state index in [2.05, 4.69) is 23.5 Å². The van der Waals surface area contributed by atoms with Crippen LogP contribution in [0.25, 0.3) is 10.9 Å². The Labute approximate surface area is 139 Å². The predicted octanol–water partition coefficient (Wildman–Crippen LogP) is 2.37. The van der Waals surface area contributed by atoms with Gasteiger partial charge in [-0.05, 0) is 19.1 Å². The molecule has 0 unspecified atom stereocenters. The van der Waals surface area contributed by atoms with Crippen LogP contribution < -0.4 is 10.9 Å². The normalized spacial score (nSPS) is 11.9. The lowest BCUT2D eigenvalue weighted by Gasteiger charge is -2.15. The summed E-state index contributed by atoms with van der Waals surface area (Å²) in [7, 11) is 0. The maximum atomic E-state index is 12.6. The summed E-state index contributed by atoms with van der Waals surface area (Å²) in [5.41, 5.74) is 0.496. The minimum Gasteiger partial charge on any atom is -0.352 e. The molecule has 5 nitrogen and oxygen atoms in total. The predicted molar refractivity (Wildman–Crippen MR) is 94.7 cm³/mol. The molecule has 1 heterocycles. The van der Waals surface area contributed by atoms with Crippen molar-refractivity contribution in [1.82, 2.24) is 14.9 Å². The summed E-state index contributed by atoms with van der Waals surface area (Å²) >= 11 is 1.26. The number of carbonyl (C=O) groups excluding carboxylic acids is 1. The van der Waals surface area contributed by atoms with E-state index in [1.807, 2.05) is 12.1 Å². The van der Waals surface area contributed by atoms with Crippen LogP contribution in [0, 0.1) is 0 Å². The highest BCUT2D eigenvalue weighted by atomic mass is 32.2. The molecule has 1 atom stereocenters. The highest BCUT2D eigenvalue weighted by Crippen LogP contribution is 2.22. The van der Waals surface area contributed by atoms with Crippen molar-refractivity contribution in [3.05, 3.63) is 59.9 Å². The van der Waals surface area contributed by atoms with E-state index in [1.165, 1.54) is 16.3 Å². The summed E-state index contributed by atoms with van der Waals surface area (Å²) in [4.78, 5) is 29.2. The van der Waals surface area contributed by atoms with E-state index in [-0.39, 0.29) is 16.7 Å². The molecule has 0 bridgehead atoms. The first-order valence-electron chi connectivity index (χ1n) is 7.24. The SMILES string of the molecule is C=CCNC(=O)[C@H](C)Sc1nc2ccccc2c(=O)n1CC=C. The second kappa shape index (κ2) is 7.78. The molecular weight excluding hydrogens is 310 g/mol. The van der Waals surface area contributed by atoms with Gasteiger partial charge in [0, 0.05) is 13.1 Å².